The molecule has 3 heterocycles. The van der Waals surface area contributed by atoms with Gasteiger partial charge in [0.15, 0.2) is 5.60 Å². The van der Waals surface area contributed by atoms with Gasteiger partial charge in [0.05, 0.1) is 44.9 Å². The Morgan fingerprint density at radius 1 is 1.12 bits per heavy atom. The summed E-state index contributed by atoms with van der Waals surface area (Å²) in [4.78, 5) is 26.0. The number of aliphatic hydroxyl groups is 4. The van der Waals surface area contributed by atoms with E-state index in [0.717, 1.165) is 0 Å². The zero-order chi connectivity index (χ0) is 30.5. The Balaban J connectivity index is 1.35. The van der Waals surface area contributed by atoms with Gasteiger partial charge in [-0.3, -0.25) is 4.79 Å². The number of halogens is 1. The number of aliphatic hydroxyl groups excluding tert-OH is 2. The van der Waals surface area contributed by atoms with Crippen molar-refractivity contribution in [3.63, 3.8) is 0 Å². The molecule has 8 aliphatic rings. The highest BCUT2D eigenvalue weighted by Crippen LogP contribution is 2.84. The van der Waals surface area contributed by atoms with Gasteiger partial charge in [0.25, 0.3) is 5.79 Å². The molecule has 3 saturated heterocycles. The predicted molar refractivity (Wildman–Crippen MR) is 152 cm³/mol. The van der Waals surface area contributed by atoms with Gasteiger partial charge in [-0.2, -0.15) is 0 Å². The van der Waals surface area contributed by atoms with Crippen LogP contribution in [-0.2, 0) is 28.5 Å². The highest BCUT2D eigenvalue weighted by atomic mass is 127. The number of rotatable bonds is 1. The summed E-state index contributed by atoms with van der Waals surface area (Å²) in [6, 6.07) is -0.987. The number of hydrogen-bond acceptors (Lipinski definition) is 11. The molecule has 8 fully saturated rings. The van der Waals surface area contributed by atoms with E-state index in [1.165, 1.54) is 13.8 Å². The lowest BCUT2D eigenvalue weighted by molar-refractivity contribution is -0.268. The van der Waals surface area contributed by atoms with Crippen LogP contribution in [0.25, 0.3) is 0 Å². The van der Waals surface area contributed by atoms with Crippen LogP contribution in [-0.4, -0.2) is 95.4 Å². The van der Waals surface area contributed by atoms with E-state index in [-0.39, 0.29) is 24.0 Å². The SMILES string of the molecule is CC(=O)O[C@H]1CC2C([C@@H](O)[C@@H](N)[C@@]3(O)C[C@@H]4O[C@@H]4C[C@]23C)[C@@H]2[C@@H](O)[C@]3(I)[C@H]([C@H](C)[C@H]4O[C@]45OC(=O)[C@@](C)(O)[C@@]53C)[C@@]12C. The van der Waals surface area contributed by atoms with Crippen LogP contribution < -0.4 is 5.73 Å². The molecule has 1 spiro atoms. The first kappa shape index (κ1) is 28.8. The molecule has 0 aromatic rings. The Hall–Kier alpha value is -0.610. The molecule has 0 radical (unpaired) electrons. The van der Waals surface area contributed by atoms with E-state index in [0.29, 0.717) is 19.3 Å². The zero-order valence-electron chi connectivity index (χ0n) is 24.7. The van der Waals surface area contributed by atoms with Gasteiger partial charge in [-0.25, -0.2) is 4.79 Å². The molecular weight excluding hydrogens is 661 g/mol. The maximum Gasteiger partial charge on any atom is 0.341 e. The third-order valence-electron chi connectivity index (χ3n) is 14.6. The Morgan fingerprint density at radius 3 is 2.40 bits per heavy atom. The highest BCUT2D eigenvalue weighted by molar-refractivity contribution is 14.1. The normalized spacial score (nSPS) is 68.5. The second kappa shape index (κ2) is 7.67. The maximum absolute atomic E-state index is 13.2. The number of esters is 2. The number of hydrogen-bond donors (Lipinski definition) is 5. The third kappa shape index (κ3) is 2.60. The first-order valence-electron chi connectivity index (χ1n) is 15.3. The molecule has 3 aliphatic heterocycles. The van der Waals surface area contributed by atoms with Crippen LogP contribution in [0.15, 0.2) is 0 Å². The number of nitrogens with two attached hydrogens (primary N) is 1. The van der Waals surface area contributed by atoms with Gasteiger partial charge in [-0.05, 0) is 50.4 Å². The predicted octanol–water partition coefficient (Wildman–Crippen LogP) is 0.401. The van der Waals surface area contributed by atoms with Crippen LogP contribution in [0.5, 0.6) is 0 Å². The average Bonchev–Trinajstić information content (AvgIpc) is 3.79. The van der Waals surface area contributed by atoms with Crippen molar-refractivity contribution in [1.29, 1.82) is 0 Å². The lowest BCUT2D eigenvalue weighted by Crippen LogP contribution is -2.76. The number of alkyl halides is 1. The summed E-state index contributed by atoms with van der Waals surface area (Å²) in [7, 11) is 0. The number of carbonyl (C=O) groups is 2. The second-order valence-electron chi connectivity index (χ2n) is 15.7. The van der Waals surface area contributed by atoms with Gasteiger partial charge in [0.1, 0.15) is 12.2 Å². The summed E-state index contributed by atoms with van der Waals surface area (Å²) >= 11 is 2.23. The number of ether oxygens (including phenoxy) is 4. The van der Waals surface area contributed by atoms with E-state index in [1.807, 2.05) is 20.8 Å². The van der Waals surface area contributed by atoms with Crippen molar-refractivity contribution in [3.05, 3.63) is 0 Å². The van der Waals surface area contributed by atoms with E-state index in [2.05, 4.69) is 22.6 Å². The van der Waals surface area contributed by atoms with Crippen molar-refractivity contribution in [1.82, 2.24) is 0 Å². The van der Waals surface area contributed by atoms with Gasteiger partial charge in [-0.1, -0.05) is 43.4 Å². The fraction of sp³-hybridized carbons (Fsp3) is 0.933. The molecule has 11 nitrogen and oxygen atoms in total. The van der Waals surface area contributed by atoms with Crippen molar-refractivity contribution in [2.24, 2.45) is 51.6 Å². The Kier molecular flexibility index (Phi) is 5.27. The average molecular weight is 704 g/mol. The summed E-state index contributed by atoms with van der Waals surface area (Å²) in [5.74, 6) is -4.89. The number of fused-ring (bicyclic) bond motifs is 9. The minimum Gasteiger partial charge on any atom is -0.462 e. The minimum absolute atomic E-state index is 0.00866. The van der Waals surface area contributed by atoms with E-state index in [9.17, 15) is 30.0 Å². The summed E-state index contributed by atoms with van der Waals surface area (Å²) in [6.45, 7) is 10.6. The molecule has 6 N–H and O–H groups in total. The van der Waals surface area contributed by atoms with Crippen molar-refractivity contribution in [2.75, 3.05) is 0 Å². The Morgan fingerprint density at radius 2 is 1.76 bits per heavy atom. The largest absolute Gasteiger partial charge is 0.462 e. The summed E-state index contributed by atoms with van der Waals surface area (Å²) in [5.41, 5.74) is 0.321. The van der Waals surface area contributed by atoms with Crippen molar-refractivity contribution >= 4 is 34.5 Å². The molecule has 0 amide bonds. The monoisotopic (exact) mass is 703 g/mol. The zero-order valence-corrected chi connectivity index (χ0v) is 26.9. The van der Waals surface area contributed by atoms with Crippen molar-refractivity contribution < 1.29 is 49.0 Å². The molecule has 8 rings (SSSR count). The van der Waals surface area contributed by atoms with Crippen LogP contribution in [0.1, 0.15) is 60.8 Å². The summed E-state index contributed by atoms with van der Waals surface area (Å²) in [6.07, 6.45) is -2.43. The third-order valence-corrected chi connectivity index (χ3v) is 17.0. The topological polar surface area (TPSA) is 185 Å². The Bertz CT molecular complexity index is 1310. The fourth-order valence-electron chi connectivity index (χ4n) is 12.4. The number of epoxide rings is 2. The van der Waals surface area contributed by atoms with E-state index >= 15 is 0 Å². The molecule has 2 unspecified atom stereocenters. The van der Waals surface area contributed by atoms with Gasteiger partial charge < -0.3 is 45.1 Å². The second-order valence-corrected chi connectivity index (χ2v) is 17.5. The van der Waals surface area contributed by atoms with Crippen LogP contribution in [0, 0.1) is 45.8 Å². The molecule has 5 aliphatic carbocycles. The quantitative estimate of drug-likeness (QED) is 0.110. The minimum atomic E-state index is -1.99. The molecule has 0 aromatic heterocycles. The molecule has 5 saturated carbocycles. The lowest BCUT2D eigenvalue weighted by Gasteiger charge is -2.67. The van der Waals surface area contributed by atoms with Crippen LogP contribution in [0.4, 0.5) is 0 Å². The molecule has 0 aromatic carbocycles. The van der Waals surface area contributed by atoms with Gasteiger partial charge in [-0.15, -0.1) is 0 Å². The molecular formula is C30H42INO10. The molecule has 42 heavy (non-hydrogen) atoms. The van der Waals surface area contributed by atoms with E-state index in [1.54, 1.807) is 6.92 Å². The fourth-order valence-corrected chi connectivity index (χ4v) is 14.9. The van der Waals surface area contributed by atoms with Crippen LogP contribution >= 0.6 is 22.6 Å². The first-order chi connectivity index (χ1) is 19.3. The smallest absolute Gasteiger partial charge is 0.341 e. The Labute approximate surface area is 258 Å². The molecule has 19 atom stereocenters. The van der Waals surface area contributed by atoms with Gasteiger partial charge in [0, 0.05) is 30.1 Å². The van der Waals surface area contributed by atoms with Crippen molar-refractivity contribution in [2.45, 2.75) is 124 Å². The van der Waals surface area contributed by atoms with Crippen LogP contribution in [0.3, 0.4) is 0 Å². The molecule has 234 valence electrons. The molecule has 12 heteroatoms. The molecule has 0 bridgehead atoms. The first-order valence-corrected chi connectivity index (χ1v) is 16.4. The van der Waals surface area contributed by atoms with E-state index in [4.69, 9.17) is 24.7 Å². The van der Waals surface area contributed by atoms with Gasteiger partial charge in [0.2, 0.25) is 0 Å². The highest BCUT2D eigenvalue weighted by Gasteiger charge is 2.96. The lowest BCUT2D eigenvalue weighted by atomic mass is 9.40. The number of carbonyl (C=O) groups excluding carboxylic acids is 2. The summed E-state index contributed by atoms with van der Waals surface area (Å²) < 4.78 is 22.9. The van der Waals surface area contributed by atoms with Crippen molar-refractivity contribution in [3.8, 4) is 0 Å². The maximum atomic E-state index is 13.2. The summed E-state index contributed by atoms with van der Waals surface area (Å²) in [5, 5.41) is 49.0. The van der Waals surface area contributed by atoms with E-state index < -0.39 is 96.8 Å². The van der Waals surface area contributed by atoms with Gasteiger partial charge >= 0.3 is 11.9 Å². The standard InChI is InChI=1S/C30H42INO10/c1-10-19-25(4)15(39-11(2)33)7-12-16(18(34)20(32)28(38)9-14-13(40-14)8-24(12,28)3)17(25)21(35)29(19,31)27(6)26(5,37)23(36)42-30(27)22(10)41-30/h10,12-22,34-35,37-38H,7-9,32H2,1-6H3/t10-,12?,13+,14-,15-,16?,17+,18+,19+,20+,21+,22+,24+,25-,26+,27+,28-,29+,30-/m0/s1. The van der Waals surface area contributed by atoms with Crippen LogP contribution in [0.2, 0.25) is 0 Å².